The third-order valence-electron chi connectivity index (χ3n) is 4.14. The standard InChI is InChI=1S/C14H15Cl2N3O3/c15-14(16)9-12(14)13(20)18-7-5-17(6-8-18)10-1-3-11(4-2-10)19(21)22/h1-4,12H,5-9H2/t12-/m0/s1. The molecule has 1 aromatic rings. The summed E-state index contributed by atoms with van der Waals surface area (Å²) in [5.41, 5.74) is 1.00. The molecule has 0 aromatic heterocycles. The van der Waals surface area contributed by atoms with Crippen molar-refractivity contribution in [2.75, 3.05) is 31.1 Å². The Kier molecular flexibility index (Phi) is 3.91. The fourth-order valence-corrected chi connectivity index (χ4v) is 3.17. The third kappa shape index (κ3) is 2.98. The maximum absolute atomic E-state index is 12.2. The van der Waals surface area contributed by atoms with E-state index in [9.17, 15) is 14.9 Å². The van der Waals surface area contributed by atoms with Crippen molar-refractivity contribution in [1.29, 1.82) is 0 Å². The normalized spacial score (nSPS) is 23.3. The van der Waals surface area contributed by atoms with Gasteiger partial charge in [-0.1, -0.05) is 0 Å². The quantitative estimate of drug-likeness (QED) is 0.480. The van der Waals surface area contributed by atoms with Crippen molar-refractivity contribution < 1.29 is 9.72 Å². The number of anilines is 1. The zero-order valence-corrected chi connectivity index (χ0v) is 13.3. The number of non-ortho nitro benzene ring substituents is 1. The molecule has 6 nitrogen and oxygen atoms in total. The van der Waals surface area contributed by atoms with Crippen molar-refractivity contribution in [3.63, 3.8) is 0 Å². The zero-order chi connectivity index (χ0) is 15.9. The Morgan fingerprint density at radius 2 is 1.73 bits per heavy atom. The van der Waals surface area contributed by atoms with Gasteiger partial charge in [0.2, 0.25) is 5.91 Å². The molecule has 1 aliphatic carbocycles. The number of hydrogen-bond acceptors (Lipinski definition) is 4. The van der Waals surface area contributed by atoms with Crippen LogP contribution in [0.4, 0.5) is 11.4 Å². The molecule has 1 aliphatic heterocycles. The average molecular weight is 344 g/mol. The van der Waals surface area contributed by atoms with Crippen LogP contribution < -0.4 is 4.90 Å². The first-order valence-electron chi connectivity index (χ1n) is 7.04. The molecule has 1 aromatic carbocycles. The van der Waals surface area contributed by atoms with Gasteiger partial charge in [0, 0.05) is 44.0 Å². The van der Waals surface area contributed by atoms with E-state index in [-0.39, 0.29) is 17.5 Å². The Balaban J connectivity index is 1.57. The summed E-state index contributed by atoms with van der Waals surface area (Å²) >= 11 is 11.9. The topological polar surface area (TPSA) is 66.7 Å². The van der Waals surface area contributed by atoms with Crippen molar-refractivity contribution in [2.45, 2.75) is 10.8 Å². The number of hydrogen-bond donors (Lipinski definition) is 0. The zero-order valence-electron chi connectivity index (χ0n) is 11.7. The first-order valence-corrected chi connectivity index (χ1v) is 7.80. The van der Waals surface area contributed by atoms with Crippen LogP contribution >= 0.6 is 23.2 Å². The lowest BCUT2D eigenvalue weighted by Crippen LogP contribution is -2.49. The minimum atomic E-state index is -0.882. The number of nitro benzene ring substituents is 1. The molecule has 0 radical (unpaired) electrons. The second kappa shape index (κ2) is 5.59. The van der Waals surface area contributed by atoms with E-state index >= 15 is 0 Å². The predicted octanol–water partition coefficient (Wildman–Crippen LogP) is 2.44. The Morgan fingerprint density at radius 1 is 1.18 bits per heavy atom. The van der Waals surface area contributed by atoms with E-state index in [0.29, 0.717) is 32.6 Å². The summed E-state index contributed by atoms with van der Waals surface area (Å²) in [4.78, 5) is 26.3. The van der Waals surface area contributed by atoms with Crippen molar-refractivity contribution in [2.24, 2.45) is 5.92 Å². The number of piperazine rings is 1. The molecule has 8 heteroatoms. The van der Waals surface area contributed by atoms with E-state index in [1.54, 1.807) is 17.0 Å². The van der Waals surface area contributed by atoms with Crippen LogP contribution in [0.3, 0.4) is 0 Å². The highest BCUT2D eigenvalue weighted by atomic mass is 35.5. The van der Waals surface area contributed by atoms with Gasteiger partial charge in [-0.15, -0.1) is 23.2 Å². The molecule has 1 heterocycles. The molecule has 22 heavy (non-hydrogen) atoms. The number of nitro groups is 1. The van der Waals surface area contributed by atoms with Gasteiger partial charge in [-0.25, -0.2) is 0 Å². The summed E-state index contributed by atoms with van der Waals surface area (Å²) in [7, 11) is 0. The number of carbonyl (C=O) groups is 1. The summed E-state index contributed by atoms with van der Waals surface area (Å²) in [6, 6.07) is 6.46. The number of nitrogens with zero attached hydrogens (tertiary/aromatic N) is 3. The van der Waals surface area contributed by atoms with E-state index in [1.807, 2.05) is 0 Å². The molecule has 2 aliphatic rings. The first-order chi connectivity index (χ1) is 10.4. The van der Waals surface area contributed by atoms with Gasteiger partial charge in [0.1, 0.15) is 4.33 Å². The lowest BCUT2D eigenvalue weighted by atomic mass is 10.2. The molecule has 1 saturated heterocycles. The van der Waals surface area contributed by atoms with Crippen LogP contribution in [-0.4, -0.2) is 46.2 Å². The molecular formula is C14H15Cl2N3O3. The molecular weight excluding hydrogens is 329 g/mol. The Morgan fingerprint density at radius 3 is 2.18 bits per heavy atom. The first kappa shape index (κ1) is 15.4. The van der Waals surface area contributed by atoms with Crippen LogP contribution in [-0.2, 0) is 4.79 Å². The highest BCUT2D eigenvalue weighted by Crippen LogP contribution is 2.53. The van der Waals surface area contributed by atoms with Gasteiger partial charge in [-0.3, -0.25) is 14.9 Å². The van der Waals surface area contributed by atoms with E-state index in [0.717, 1.165) is 5.69 Å². The van der Waals surface area contributed by atoms with Crippen LogP contribution in [0.1, 0.15) is 6.42 Å². The minimum absolute atomic E-state index is 0.0216. The van der Waals surface area contributed by atoms with Crippen LogP contribution in [0, 0.1) is 16.0 Å². The highest BCUT2D eigenvalue weighted by Gasteiger charge is 2.57. The van der Waals surface area contributed by atoms with Gasteiger partial charge in [0.25, 0.3) is 5.69 Å². The lowest BCUT2D eigenvalue weighted by Gasteiger charge is -2.36. The summed E-state index contributed by atoms with van der Waals surface area (Å²) in [5.74, 6) is -0.255. The van der Waals surface area contributed by atoms with Gasteiger partial charge < -0.3 is 9.80 Å². The Bertz CT molecular complexity index is 598. The van der Waals surface area contributed by atoms with Crippen LogP contribution in [0.15, 0.2) is 24.3 Å². The maximum Gasteiger partial charge on any atom is 0.269 e. The van der Waals surface area contributed by atoms with Gasteiger partial charge in [0.05, 0.1) is 10.8 Å². The largest absolute Gasteiger partial charge is 0.368 e. The fraction of sp³-hybridized carbons (Fsp3) is 0.500. The maximum atomic E-state index is 12.2. The fourth-order valence-electron chi connectivity index (χ4n) is 2.67. The van der Waals surface area contributed by atoms with E-state index in [1.165, 1.54) is 12.1 Å². The van der Waals surface area contributed by atoms with Crippen LogP contribution in [0.25, 0.3) is 0 Å². The van der Waals surface area contributed by atoms with Gasteiger partial charge in [-0.2, -0.15) is 0 Å². The summed E-state index contributed by atoms with van der Waals surface area (Å²) in [5, 5.41) is 10.7. The van der Waals surface area contributed by atoms with Crippen molar-refractivity contribution >= 4 is 40.5 Å². The highest BCUT2D eigenvalue weighted by molar-refractivity contribution is 6.52. The number of rotatable bonds is 3. The average Bonchev–Trinajstić information content (AvgIpc) is 3.15. The molecule has 0 unspecified atom stereocenters. The van der Waals surface area contributed by atoms with Gasteiger partial charge in [0.15, 0.2) is 0 Å². The summed E-state index contributed by atoms with van der Waals surface area (Å²) in [6.07, 6.45) is 0.525. The molecule has 1 saturated carbocycles. The number of halogens is 2. The SMILES string of the molecule is O=C([C@@H]1CC1(Cl)Cl)N1CCN(c2ccc([N+](=O)[O-])cc2)CC1. The number of amides is 1. The van der Waals surface area contributed by atoms with Gasteiger partial charge in [-0.05, 0) is 18.6 Å². The van der Waals surface area contributed by atoms with Crippen LogP contribution in [0.5, 0.6) is 0 Å². The van der Waals surface area contributed by atoms with E-state index in [4.69, 9.17) is 23.2 Å². The van der Waals surface area contributed by atoms with E-state index < -0.39 is 9.26 Å². The second-order valence-electron chi connectivity index (χ2n) is 5.60. The number of carbonyl (C=O) groups excluding carboxylic acids is 1. The third-order valence-corrected chi connectivity index (χ3v) is 4.98. The van der Waals surface area contributed by atoms with Crippen LogP contribution in [0.2, 0.25) is 0 Å². The molecule has 0 bridgehead atoms. The second-order valence-corrected chi connectivity index (χ2v) is 7.15. The molecule has 1 amide bonds. The molecule has 2 fully saturated rings. The smallest absolute Gasteiger partial charge is 0.269 e. The van der Waals surface area contributed by atoms with Crippen molar-refractivity contribution in [3.05, 3.63) is 34.4 Å². The summed E-state index contributed by atoms with van der Waals surface area (Å²) in [6.45, 7) is 2.59. The molecule has 0 spiro atoms. The van der Waals surface area contributed by atoms with E-state index in [2.05, 4.69) is 4.90 Å². The monoisotopic (exact) mass is 343 g/mol. The Labute approximate surface area is 137 Å². The molecule has 118 valence electrons. The molecule has 1 atom stereocenters. The molecule has 0 N–H and O–H groups in total. The number of benzene rings is 1. The summed E-state index contributed by atoms with van der Waals surface area (Å²) < 4.78 is -0.882. The predicted molar refractivity (Wildman–Crippen MR) is 84.4 cm³/mol. The van der Waals surface area contributed by atoms with Crippen molar-refractivity contribution in [1.82, 2.24) is 4.90 Å². The Hall–Kier alpha value is -1.53. The van der Waals surface area contributed by atoms with Gasteiger partial charge >= 0.3 is 0 Å². The lowest BCUT2D eigenvalue weighted by molar-refractivity contribution is -0.384. The molecule has 3 rings (SSSR count). The minimum Gasteiger partial charge on any atom is -0.368 e. The van der Waals surface area contributed by atoms with Crippen molar-refractivity contribution in [3.8, 4) is 0 Å². The number of alkyl halides is 2.